The molecule has 20 heavy (non-hydrogen) atoms. The number of nitrogens with zero attached hydrogens (tertiary/aromatic N) is 2. The Bertz CT molecular complexity index is 787. The minimum absolute atomic E-state index is 0.0200. The molecular formula is C10H8BrN5O3S. The summed E-state index contributed by atoms with van der Waals surface area (Å²) in [4.78, 5) is 15.0. The molecule has 0 saturated carbocycles. The average Bonchev–Trinajstić information content (AvgIpc) is 2.95. The van der Waals surface area contributed by atoms with E-state index in [1.54, 1.807) is 6.07 Å². The first-order chi connectivity index (χ1) is 9.45. The minimum Gasteiger partial charge on any atom is -0.325 e. The normalized spacial score (nSPS) is 13.9. The van der Waals surface area contributed by atoms with Gasteiger partial charge in [0.25, 0.3) is 10.0 Å². The number of fused-ring (bicyclic) bond motifs is 1. The van der Waals surface area contributed by atoms with E-state index in [0.29, 0.717) is 15.7 Å². The van der Waals surface area contributed by atoms with Gasteiger partial charge in [0, 0.05) is 10.2 Å². The van der Waals surface area contributed by atoms with Gasteiger partial charge in [0.15, 0.2) is 0 Å². The molecule has 10 heteroatoms. The quantitative estimate of drug-likeness (QED) is 0.753. The Morgan fingerprint density at radius 2 is 2.15 bits per heavy atom. The third-order valence-corrected chi connectivity index (χ3v) is 5.02. The third kappa shape index (κ3) is 2.27. The second-order valence-corrected chi connectivity index (χ2v) is 6.61. The number of sulfonamides is 1. The Kier molecular flexibility index (Phi) is 2.98. The zero-order chi connectivity index (χ0) is 14.3. The van der Waals surface area contributed by atoms with Crippen molar-refractivity contribution in [3.05, 3.63) is 28.5 Å². The molecule has 1 aromatic heterocycles. The summed E-state index contributed by atoms with van der Waals surface area (Å²) in [6, 6.07) is 3.02. The number of aromatic amines is 1. The number of aromatic nitrogens is 3. The molecule has 104 valence electrons. The molecule has 0 atom stereocenters. The molecule has 8 nitrogen and oxygen atoms in total. The van der Waals surface area contributed by atoms with Gasteiger partial charge < -0.3 is 5.32 Å². The minimum atomic E-state index is -3.82. The number of hydrogen-bond acceptors (Lipinski definition) is 5. The van der Waals surface area contributed by atoms with Gasteiger partial charge >= 0.3 is 0 Å². The summed E-state index contributed by atoms with van der Waals surface area (Å²) >= 11 is 3.19. The summed E-state index contributed by atoms with van der Waals surface area (Å²) in [5.41, 5.74) is 1.25. The molecule has 1 amide bonds. The maximum absolute atomic E-state index is 12.3. The molecule has 2 aromatic rings. The molecule has 3 rings (SSSR count). The van der Waals surface area contributed by atoms with Crippen molar-refractivity contribution in [1.29, 1.82) is 0 Å². The predicted molar refractivity (Wildman–Crippen MR) is 73.7 cm³/mol. The van der Waals surface area contributed by atoms with Crippen molar-refractivity contribution in [3.63, 3.8) is 0 Å². The first-order valence-corrected chi connectivity index (χ1v) is 7.74. The number of benzene rings is 1. The van der Waals surface area contributed by atoms with Crippen molar-refractivity contribution in [2.45, 2.75) is 11.3 Å². The fourth-order valence-corrected chi connectivity index (χ4v) is 3.93. The Labute approximate surface area is 122 Å². The highest BCUT2D eigenvalue weighted by atomic mass is 79.9. The smallest absolute Gasteiger partial charge is 0.265 e. The SMILES string of the molecule is O=C1Cc2cc(S(=O)(=O)Nc3ncn[nH]3)c(Br)cc2N1. The second-order valence-electron chi connectivity index (χ2n) is 4.10. The predicted octanol–water partition coefficient (Wildman–Crippen LogP) is 0.863. The molecule has 3 N–H and O–H groups in total. The monoisotopic (exact) mass is 357 g/mol. The molecule has 1 aliphatic rings. The summed E-state index contributed by atoms with van der Waals surface area (Å²) in [7, 11) is -3.82. The summed E-state index contributed by atoms with van der Waals surface area (Å²) < 4.78 is 27.2. The molecular weight excluding hydrogens is 350 g/mol. The molecule has 0 unspecified atom stereocenters. The molecule has 1 aliphatic heterocycles. The summed E-state index contributed by atoms with van der Waals surface area (Å²) in [5.74, 6) is -0.142. The zero-order valence-electron chi connectivity index (χ0n) is 9.84. The molecule has 0 spiro atoms. The van der Waals surface area contributed by atoms with E-state index < -0.39 is 10.0 Å². The van der Waals surface area contributed by atoms with E-state index >= 15 is 0 Å². The number of amides is 1. The van der Waals surface area contributed by atoms with E-state index in [9.17, 15) is 13.2 Å². The van der Waals surface area contributed by atoms with Crippen molar-refractivity contribution >= 4 is 43.5 Å². The van der Waals surface area contributed by atoms with Gasteiger partial charge in [0.05, 0.1) is 6.42 Å². The van der Waals surface area contributed by atoms with Gasteiger partial charge in [-0.25, -0.2) is 18.2 Å². The van der Waals surface area contributed by atoms with Crippen LogP contribution in [0.3, 0.4) is 0 Å². The standard InChI is InChI=1S/C10H8BrN5O3S/c11-6-3-7-5(2-9(17)14-7)1-8(6)20(18,19)16-10-12-4-13-15-10/h1,3-4H,2H2,(H,14,17)(H2,12,13,15,16). The lowest BCUT2D eigenvalue weighted by Crippen LogP contribution is -2.15. The van der Waals surface area contributed by atoms with E-state index in [4.69, 9.17) is 0 Å². The van der Waals surface area contributed by atoms with E-state index in [0.717, 1.165) is 0 Å². The van der Waals surface area contributed by atoms with Gasteiger partial charge in [-0.1, -0.05) is 0 Å². The molecule has 0 bridgehead atoms. The Hall–Kier alpha value is -1.94. The Balaban J connectivity index is 2.02. The first kappa shape index (κ1) is 13.1. The van der Waals surface area contributed by atoms with Crippen LogP contribution in [-0.2, 0) is 21.2 Å². The summed E-state index contributed by atoms with van der Waals surface area (Å²) in [6.45, 7) is 0. The number of halogens is 1. The highest BCUT2D eigenvalue weighted by Crippen LogP contribution is 2.32. The van der Waals surface area contributed by atoms with Gasteiger partial charge in [-0.3, -0.25) is 4.79 Å². The Morgan fingerprint density at radius 3 is 2.85 bits per heavy atom. The highest BCUT2D eigenvalue weighted by molar-refractivity contribution is 9.10. The van der Waals surface area contributed by atoms with Gasteiger partial charge in [0.2, 0.25) is 11.9 Å². The van der Waals surface area contributed by atoms with Crippen LogP contribution in [0.5, 0.6) is 0 Å². The van der Waals surface area contributed by atoms with Crippen LogP contribution in [0, 0.1) is 0 Å². The lowest BCUT2D eigenvalue weighted by molar-refractivity contribution is -0.115. The van der Waals surface area contributed by atoms with Crippen LogP contribution in [-0.4, -0.2) is 29.5 Å². The van der Waals surface area contributed by atoms with Gasteiger partial charge in [-0.15, -0.1) is 0 Å². The maximum atomic E-state index is 12.3. The van der Waals surface area contributed by atoms with Gasteiger partial charge in [0.1, 0.15) is 11.2 Å². The number of carbonyl (C=O) groups excluding carboxylic acids is 1. The average molecular weight is 358 g/mol. The van der Waals surface area contributed by atoms with E-state index in [1.165, 1.54) is 12.4 Å². The van der Waals surface area contributed by atoms with Crippen molar-refractivity contribution in [2.24, 2.45) is 0 Å². The molecule has 2 heterocycles. The number of rotatable bonds is 3. The fourth-order valence-electron chi connectivity index (χ4n) is 1.87. The lowest BCUT2D eigenvalue weighted by atomic mass is 10.2. The zero-order valence-corrected chi connectivity index (χ0v) is 12.2. The Morgan fingerprint density at radius 1 is 1.35 bits per heavy atom. The van der Waals surface area contributed by atoms with Crippen LogP contribution in [0.15, 0.2) is 27.8 Å². The van der Waals surface area contributed by atoms with E-state index in [2.05, 4.69) is 41.2 Å². The number of carbonyl (C=O) groups is 1. The van der Waals surface area contributed by atoms with E-state index in [1.807, 2.05) is 0 Å². The number of anilines is 2. The van der Waals surface area contributed by atoms with Crippen LogP contribution >= 0.6 is 15.9 Å². The number of hydrogen-bond donors (Lipinski definition) is 3. The van der Waals surface area contributed by atoms with Crippen LogP contribution in [0.1, 0.15) is 5.56 Å². The van der Waals surface area contributed by atoms with Gasteiger partial charge in [-0.05, 0) is 33.6 Å². The molecule has 0 saturated heterocycles. The fraction of sp³-hybridized carbons (Fsp3) is 0.100. The molecule has 1 aromatic carbocycles. The number of nitrogens with one attached hydrogen (secondary N) is 3. The number of H-pyrrole nitrogens is 1. The maximum Gasteiger partial charge on any atom is 0.265 e. The van der Waals surface area contributed by atoms with Crippen molar-refractivity contribution in [2.75, 3.05) is 10.0 Å². The van der Waals surface area contributed by atoms with Gasteiger partial charge in [-0.2, -0.15) is 10.1 Å². The second kappa shape index (κ2) is 4.56. The largest absolute Gasteiger partial charge is 0.325 e. The topological polar surface area (TPSA) is 117 Å². The molecule has 0 fully saturated rings. The van der Waals surface area contributed by atoms with E-state index in [-0.39, 0.29) is 23.2 Å². The van der Waals surface area contributed by atoms with Crippen LogP contribution in [0.4, 0.5) is 11.6 Å². The first-order valence-electron chi connectivity index (χ1n) is 5.46. The van der Waals surface area contributed by atoms with Crippen molar-refractivity contribution in [1.82, 2.24) is 15.2 Å². The molecule has 0 aliphatic carbocycles. The van der Waals surface area contributed by atoms with Crippen molar-refractivity contribution < 1.29 is 13.2 Å². The van der Waals surface area contributed by atoms with Crippen LogP contribution < -0.4 is 10.0 Å². The molecule has 0 radical (unpaired) electrons. The summed E-state index contributed by atoms with van der Waals surface area (Å²) in [6.07, 6.45) is 1.35. The van der Waals surface area contributed by atoms with Crippen LogP contribution in [0.2, 0.25) is 0 Å². The van der Waals surface area contributed by atoms with Crippen LogP contribution in [0.25, 0.3) is 0 Å². The summed E-state index contributed by atoms with van der Waals surface area (Å²) in [5, 5.41) is 8.62. The highest BCUT2D eigenvalue weighted by Gasteiger charge is 2.25. The lowest BCUT2D eigenvalue weighted by Gasteiger charge is -2.09. The third-order valence-electron chi connectivity index (χ3n) is 2.72. The van der Waals surface area contributed by atoms with Crippen molar-refractivity contribution in [3.8, 4) is 0 Å².